The highest BCUT2D eigenvalue weighted by atomic mass is 35.5. The summed E-state index contributed by atoms with van der Waals surface area (Å²) in [6.45, 7) is 0.198. The van der Waals surface area contributed by atoms with Crippen molar-refractivity contribution in [2.75, 3.05) is 6.61 Å². The molecule has 1 heterocycles. The molecule has 1 aliphatic heterocycles. The van der Waals surface area contributed by atoms with Crippen molar-refractivity contribution in [1.29, 1.82) is 0 Å². The van der Waals surface area contributed by atoms with Gasteiger partial charge in [0.15, 0.2) is 0 Å². The van der Waals surface area contributed by atoms with E-state index in [0.29, 0.717) is 12.0 Å². The molecule has 0 aliphatic carbocycles. The van der Waals surface area contributed by atoms with Crippen molar-refractivity contribution in [3.63, 3.8) is 0 Å². The normalized spacial score (nSPS) is 17.0. The van der Waals surface area contributed by atoms with Crippen molar-refractivity contribution in [3.05, 3.63) is 28.3 Å². The first-order valence-corrected chi connectivity index (χ1v) is 5.99. The number of benzene rings is 1. The van der Waals surface area contributed by atoms with E-state index in [9.17, 15) is 22.0 Å². The van der Waals surface area contributed by atoms with Crippen LogP contribution in [0.5, 0.6) is 5.75 Å². The Hall–Kier alpha value is -0.750. The van der Waals surface area contributed by atoms with Gasteiger partial charge in [-0.1, -0.05) is 11.6 Å². The van der Waals surface area contributed by atoms with E-state index in [1.54, 1.807) is 0 Å². The number of alkyl halides is 6. The summed E-state index contributed by atoms with van der Waals surface area (Å²) in [5.74, 6) is -5.10. The molecule has 8 heteroatoms. The first-order chi connectivity index (χ1) is 8.64. The average molecular weight is 321 g/mol. The van der Waals surface area contributed by atoms with Gasteiger partial charge < -0.3 is 4.74 Å². The third-order valence-corrected chi connectivity index (χ3v) is 3.47. The van der Waals surface area contributed by atoms with Crippen LogP contribution < -0.4 is 4.74 Å². The van der Waals surface area contributed by atoms with E-state index in [-0.39, 0.29) is 17.4 Å². The van der Waals surface area contributed by atoms with Crippen molar-refractivity contribution in [2.45, 2.75) is 23.9 Å². The molecular formula is C11H7Cl2F5O. The molecule has 1 atom stereocenters. The topological polar surface area (TPSA) is 9.23 Å². The zero-order valence-electron chi connectivity index (χ0n) is 9.20. The summed E-state index contributed by atoms with van der Waals surface area (Å²) in [6.07, 6.45) is -5.35. The van der Waals surface area contributed by atoms with Gasteiger partial charge in [-0.3, -0.25) is 0 Å². The van der Waals surface area contributed by atoms with Crippen LogP contribution in [0.2, 0.25) is 5.02 Å². The van der Waals surface area contributed by atoms with Gasteiger partial charge >= 0.3 is 12.1 Å². The Kier molecular flexibility index (Phi) is 3.60. The van der Waals surface area contributed by atoms with E-state index in [1.165, 1.54) is 6.07 Å². The van der Waals surface area contributed by atoms with Crippen molar-refractivity contribution >= 4 is 23.2 Å². The van der Waals surface area contributed by atoms with Gasteiger partial charge in [0.25, 0.3) is 0 Å². The van der Waals surface area contributed by atoms with Gasteiger partial charge in [0, 0.05) is 17.0 Å². The lowest BCUT2D eigenvalue weighted by molar-refractivity contribution is -0.283. The summed E-state index contributed by atoms with van der Waals surface area (Å²) < 4.78 is 68.5. The average Bonchev–Trinajstić information content (AvgIpc) is 2.72. The number of ether oxygens (including phenoxy) is 1. The van der Waals surface area contributed by atoms with Crippen molar-refractivity contribution < 1.29 is 26.7 Å². The summed E-state index contributed by atoms with van der Waals surface area (Å²) in [5.41, 5.74) is 0.0371. The Bertz CT molecular complexity index is 501. The second kappa shape index (κ2) is 4.66. The number of hydrogen-bond donors (Lipinski definition) is 0. The molecule has 2 rings (SSSR count). The maximum atomic E-state index is 13.3. The Labute approximate surface area is 115 Å². The molecule has 1 unspecified atom stereocenters. The second-order valence-electron chi connectivity index (χ2n) is 4.07. The van der Waals surface area contributed by atoms with Gasteiger partial charge in [-0.05, 0) is 17.7 Å². The fraction of sp³-hybridized carbons (Fsp3) is 0.455. The summed E-state index contributed by atoms with van der Waals surface area (Å²) in [7, 11) is 0. The van der Waals surface area contributed by atoms with Crippen LogP contribution in [0.3, 0.4) is 0 Å². The largest absolute Gasteiger partial charge is 0.493 e. The van der Waals surface area contributed by atoms with E-state index in [2.05, 4.69) is 0 Å². The third kappa shape index (κ3) is 2.48. The zero-order chi connectivity index (χ0) is 14.4. The highest BCUT2D eigenvalue weighted by Crippen LogP contribution is 2.51. The molecule has 0 N–H and O–H groups in total. The van der Waals surface area contributed by atoms with Crippen molar-refractivity contribution in [3.8, 4) is 5.75 Å². The lowest BCUT2D eigenvalue weighted by atomic mass is 10.0. The SMILES string of the molecule is FC(F)(F)C(F)(F)C(Cl)c1cc(Cl)cc2c1OCC2. The minimum absolute atomic E-state index is 0.0340. The monoisotopic (exact) mass is 320 g/mol. The second-order valence-corrected chi connectivity index (χ2v) is 4.94. The van der Waals surface area contributed by atoms with E-state index >= 15 is 0 Å². The summed E-state index contributed by atoms with van der Waals surface area (Å²) in [6, 6.07) is 2.44. The van der Waals surface area contributed by atoms with Gasteiger partial charge in [-0.15, -0.1) is 11.6 Å². The van der Waals surface area contributed by atoms with Crippen LogP contribution in [0.4, 0.5) is 22.0 Å². The number of rotatable bonds is 2. The van der Waals surface area contributed by atoms with Crippen molar-refractivity contribution in [2.24, 2.45) is 0 Å². The number of fused-ring (bicyclic) bond motifs is 1. The number of hydrogen-bond acceptors (Lipinski definition) is 1. The fourth-order valence-corrected chi connectivity index (χ4v) is 2.36. The zero-order valence-corrected chi connectivity index (χ0v) is 10.7. The summed E-state index contributed by atoms with van der Waals surface area (Å²) in [4.78, 5) is 0. The lowest BCUT2D eigenvalue weighted by Crippen LogP contribution is -2.40. The van der Waals surface area contributed by atoms with Crippen LogP contribution in [0.15, 0.2) is 12.1 Å². The molecule has 1 aromatic carbocycles. The predicted molar refractivity (Wildman–Crippen MR) is 60.2 cm³/mol. The molecule has 0 fully saturated rings. The Morgan fingerprint density at radius 3 is 2.37 bits per heavy atom. The fourth-order valence-electron chi connectivity index (χ4n) is 1.83. The van der Waals surface area contributed by atoms with Crippen LogP contribution >= 0.6 is 23.2 Å². The standard InChI is InChI=1S/C11H7Cl2F5O/c12-6-3-5-1-2-19-8(5)7(4-6)9(13)10(14,15)11(16,17)18/h3-4,9H,1-2H2. The summed E-state index contributed by atoms with van der Waals surface area (Å²) >= 11 is 11.0. The number of halogens is 7. The van der Waals surface area contributed by atoms with Gasteiger partial charge in [-0.25, -0.2) is 0 Å². The highest BCUT2D eigenvalue weighted by Gasteiger charge is 2.63. The molecule has 0 amide bonds. The van der Waals surface area contributed by atoms with E-state index in [0.717, 1.165) is 6.07 Å². The molecule has 0 spiro atoms. The van der Waals surface area contributed by atoms with Crippen LogP contribution in [-0.2, 0) is 6.42 Å². The molecule has 19 heavy (non-hydrogen) atoms. The Morgan fingerprint density at radius 1 is 1.16 bits per heavy atom. The van der Waals surface area contributed by atoms with Crippen LogP contribution in [0.25, 0.3) is 0 Å². The highest BCUT2D eigenvalue weighted by molar-refractivity contribution is 6.31. The van der Waals surface area contributed by atoms with Gasteiger partial charge in [0.2, 0.25) is 0 Å². The molecule has 1 nitrogen and oxygen atoms in total. The smallest absolute Gasteiger partial charge is 0.455 e. The lowest BCUT2D eigenvalue weighted by Gasteiger charge is -2.25. The molecule has 0 saturated heterocycles. The molecule has 1 aliphatic rings. The van der Waals surface area contributed by atoms with Crippen LogP contribution in [-0.4, -0.2) is 18.7 Å². The molecule has 0 aromatic heterocycles. The quantitative estimate of drug-likeness (QED) is 0.564. The molecule has 0 bridgehead atoms. The van der Waals surface area contributed by atoms with E-state index < -0.39 is 23.0 Å². The van der Waals surface area contributed by atoms with Gasteiger partial charge in [0.1, 0.15) is 11.1 Å². The van der Waals surface area contributed by atoms with Crippen LogP contribution in [0.1, 0.15) is 16.5 Å². The van der Waals surface area contributed by atoms with Crippen LogP contribution in [0, 0.1) is 0 Å². The maximum Gasteiger partial charge on any atom is 0.455 e. The molecule has 0 saturated carbocycles. The van der Waals surface area contributed by atoms with E-state index in [4.69, 9.17) is 27.9 Å². The van der Waals surface area contributed by atoms with Gasteiger partial charge in [-0.2, -0.15) is 22.0 Å². The molecular weight excluding hydrogens is 314 g/mol. The predicted octanol–water partition coefficient (Wildman–Crippen LogP) is 4.75. The minimum atomic E-state index is -5.74. The first kappa shape index (κ1) is 14.7. The van der Waals surface area contributed by atoms with Crippen molar-refractivity contribution in [1.82, 2.24) is 0 Å². The summed E-state index contributed by atoms with van der Waals surface area (Å²) in [5, 5.41) is -2.54. The molecule has 1 aromatic rings. The third-order valence-electron chi connectivity index (χ3n) is 2.75. The Morgan fingerprint density at radius 2 is 1.79 bits per heavy atom. The van der Waals surface area contributed by atoms with Gasteiger partial charge in [0.05, 0.1) is 6.61 Å². The minimum Gasteiger partial charge on any atom is -0.493 e. The molecule has 106 valence electrons. The molecule has 0 radical (unpaired) electrons. The van der Waals surface area contributed by atoms with E-state index in [1.807, 2.05) is 0 Å². The Balaban J connectivity index is 2.48. The first-order valence-electron chi connectivity index (χ1n) is 5.18. The maximum absolute atomic E-state index is 13.3.